The average Bonchev–Trinajstić information content (AvgIpc) is 2.50. The van der Waals surface area contributed by atoms with Gasteiger partial charge < -0.3 is 10.3 Å². The van der Waals surface area contributed by atoms with Crippen molar-refractivity contribution in [1.82, 2.24) is 15.3 Å². The molecule has 2 N–H and O–H groups in total. The van der Waals surface area contributed by atoms with Crippen LogP contribution in [0.2, 0.25) is 0 Å². The van der Waals surface area contributed by atoms with E-state index in [4.69, 9.17) is 0 Å². The highest BCUT2D eigenvalue weighted by atomic mass is 79.9. The first-order chi connectivity index (χ1) is 11.0. The highest BCUT2D eigenvalue weighted by Gasteiger charge is 2.23. The molecule has 3 rings (SSSR count). The van der Waals surface area contributed by atoms with Crippen LogP contribution >= 0.6 is 15.9 Å². The van der Waals surface area contributed by atoms with Crippen molar-refractivity contribution in [2.45, 2.75) is 45.6 Å². The molecule has 2 heterocycles. The molecule has 23 heavy (non-hydrogen) atoms. The van der Waals surface area contributed by atoms with Crippen LogP contribution in [0.4, 0.5) is 0 Å². The predicted molar refractivity (Wildman–Crippen MR) is 93.7 cm³/mol. The highest BCUT2D eigenvalue weighted by molar-refractivity contribution is 9.10. The van der Waals surface area contributed by atoms with Crippen LogP contribution in [0.1, 0.15) is 48.5 Å². The topological polar surface area (TPSA) is 74.8 Å². The molecule has 122 valence electrons. The molecule has 0 unspecified atom stereocenters. The van der Waals surface area contributed by atoms with E-state index in [0.717, 1.165) is 41.5 Å². The maximum absolute atomic E-state index is 12.6. The van der Waals surface area contributed by atoms with Gasteiger partial charge in [0.05, 0.1) is 0 Å². The van der Waals surface area contributed by atoms with Gasteiger partial charge in [0.2, 0.25) is 0 Å². The van der Waals surface area contributed by atoms with Crippen molar-refractivity contribution in [3.8, 4) is 0 Å². The molecule has 0 bridgehead atoms. The number of nitrogens with one attached hydrogen (secondary N) is 2. The second-order valence-electron chi connectivity index (χ2n) is 6.43. The fourth-order valence-electron chi connectivity index (χ4n) is 3.24. The largest absolute Gasteiger partial charge is 0.349 e. The number of nitrogens with zero attached hydrogens (tertiary/aromatic N) is 1. The number of halogens is 1. The summed E-state index contributed by atoms with van der Waals surface area (Å²) in [4.78, 5) is 31.8. The second-order valence-corrected chi connectivity index (χ2v) is 7.35. The number of pyridine rings is 2. The third kappa shape index (κ3) is 3.32. The number of hydrogen-bond acceptors (Lipinski definition) is 3. The number of aromatic amines is 1. The Bertz CT molecular complexity index is 807. The van der Waals surface area contributed by atoms with Gasteiger partial charge in [0.1, 0.15) is 11.2 Å². The summed E-state index contributed by atoms with van der Waals surface area (Å²) in [6.45, 7) is 4.03. The minimum Gasteiger partial charge on any atom is -0.349 e. The molecule has 1 aliphatic rings. The maximum Gasteiger partial charge on any atom is 0.262 e. The van der Waals surface area contributed by atoms with Crippen LogP contribution in [-0.4, -0.2) is 21.9 Å². The van der Waals surface area contributed by atoms with E-state index in [0.29, 0.717) is 11.2 Å². The van der Waals surface area contributed by atoms with Crippen LogP contribution in [0.25, 0.3) is 11.0 Å². The lowest BCUT2D eigenvalue weighted by Crippen LogP contribution is -2.40. The first-order valence-corrected chi connectivity index (χ1v) is 8.74. The highest BCUT2D eigenvalue weighted by Crippen LogP contribution is 2.24. The maximum atomic E-state index is 12.6. The number of carbonyl (C=O) groups is 1. The summed E-state index contributed by atoms with van der Waals surface area (Å²) in [7, 11) is 0. The molecule has 5 nitrogen and oxygen atoms in total. The Morgan fingerprint density at radius 1 is 1.35 bits per heavy atom. The molecule has 1 saturated carbocycles. The van der Waals surface area contributed by atoms with E-state index >= 15 is 0 Å². The predicted octanol–water partition coefficient (Wildman–Crippen LogP) is 3.30. The van der Waals surface area contributed by atoms with Crippen molar-refractivity contribution in [2.75, 3.05) is 0 Å². The van der Waals surface area contributed by atoms with Crippen molar-refractivity contribution >= 4 is 32.9 Å². The Labute approximate surface area is 143 Å². The first-order valence-electron chi connectivity index (χ1n) is 7.94. The normalized spacial score (nSPS) is 21.3. The Kier molecular flexibility index (Phi) is 4.53. The molecule has 1 fully saturated rings. The zero-order chi connectivity index (χ0) is 16.6. The Balaban J connectivity index is 1.92. The zero-order valence-corrected chi connectivity index (χ0v) is 14.9. The lowest BCUT2D eigenvalue weighted by molar-refractivity contribution is 0.0921. The quantitative estimate of drug-likeness (QED) is 0.842. The number of aryl methyl sites for hydroxylation is 1. The number of hydrogen-bond donors (Lipinski definition) is 2. The lowest BCUT2D eigenvalue weighted by Gasteiger charge is -2.27. The molecule has 2 aromatic rings. The Morgan fingerprint density at radius 3 is 2.74 bits per heavy atom. The summed E-state index contributed by atoms with van der Waals surface area (Å²) >= 11 is 3.38. The number of carbonyl (C=O) groups excluding carboxylic acids is 1. The van der Waals surface area contributed by atoms with E-state index in [9.17, 15) is 9.59 Å². The third-order valence-electron chi connectivity index (χ3n) is 4.67. The van der Waals surface area contributed by atoms with Crippen LogP contribution < -0.4 is 10.9 Å². The van der Waals surface area contributed by atoms with Crippen molar-refractivity contribution in [1.29, 1.82) is 0 Å². The minimum atomic E-state index is -0.383. The number of aromatic nitrogens is 2. The van der Waals surface area contributed by atoms with Gasteiger partial charge in [-0.25, -0.2) is 4.98 Å². The number of fused-ring (bicyclic) bond motifs is 1. The standard InChI is InChI=1S/C17H20BrN3O2/c1-9-3-5-12(6-4-9)20-16(22)14-10(2)13-7-11(18)8-19-15(13)21-17(14)23/h7-9,12H,3-6H2,1-2H3,(H,20,22)(H,19,21,23). The zero-order valence-electron chi connectivity index (χ0n) is 13.3. The smallest absolute Gasteiger partial charge is 0.262 e. The van der Waals surface area contributed by atoms with Crippen LogP contribution in [0, 0.1) is 12.8 Å². The van der Waals surface area contributed by atoms with E-state index in [1.165, 1.54) is 0 Å². The van der Waals surface area contributed by atoms with Gasteiger partial charge in [-0.1, -0.05) is 6.92 Å². The lowest BCUT2D eigenvalue weighted by atomic mass is 9.87. The first kappa shape index (κ1) is 16.2. The molecule has 0 atom stereocenters. The van der Waals surface area contributed by atoms with Crippen molar-refractivity contribution < 1.29 is 4.79 Å². The molecule has 0 radical (unpaired) electrons. The molecular weight excluding hydrogens is 358 g/mol. The number of amides is 1. The summed E-state index contributed by atoms with van der Waals surface area (Å²) < 4.78 is 0.813. The van der Waals surface area contributed by atoms with Crippen LogP contribution in [-0.2, 0) is 0 Å². The van der Waals surface area contributed by atoms with Gasteiger partial charge in [0.15, 0.2) is 0 Å². The fraction of sp³-hybridized carbons (Fsp3) is 0.471. The second kappa shape index (κ2) is 6.43. The van der Waals surface area contributed by atoms with E-state index in [1.807, 2.05) is 6.07 Å². The third-order valence-corrected chi connectivity index (χ3v) is 5.10. The molecule has 1 aliphatic carbocycles. The van der Waals surface area contributed by atoms with Gasteiger partial charge in [-0.15, -0.1) is 0 Å². The number of rotatable bonds is 2. The monoisotopic (exact) mass is 377 g/mol. The van der Waals surface area contributed by atoms with Crippen molar-refractivity contribution in [2.24, 2.45) is 5.92 Å². The van der Waals surface area contributed by atoms with Crippen LogP contribution in [0.3, 0.4) is 0 Å². The van der Waals surface area contributed by atoms with Crippen LogP contribution in [0.5, 0.6) is 0 Å². The molecule has 0 spiro atoms. The van der Waals surface area contributed by atoms with Crippen LogP contribution in [0.15, 0.2) is 21.5 Å². The fourth-order valence-corrected chi connectivity index (χ4v) is 3.57. The minimum absolute atomic E-state index is 0.161. The molecule has 1 amide bonds. The van der Waals surface area contributed by atoms with Gasteiger partial charge in [-0.2, -0.15) is 0 Å². The summed E-state index contributed by atoms with van der Waals surface area (Å²) in [6, 6.07) is 2.03. The van der Waals surface area contributed by atoms with E-state index in [-0.39, 0.29) is 23.1 Å². The average molecular weight is 378 g/mol. The summed E-state index contributed by atoms with van der Waals surface area (Å²) in [5.41, 5.74) is 0.973. The van der Waals surface area contributed by atoms with Gasteiger partial charge in [-0.3, -0.25) is 9.59 Å². The molecule has 6 heteroatoms. The molecule has 0 saturated heterocycles. The molecule has 0 aromatic carbocycles. The van der Waals surface area contributed by atoms with E-state index in [1.54, 1.807) is 13.1 Å². The molecule has 2 aromatic heterocycles. The summed E-state index contributed by atoms with van der Waals surface area (Å²) in [5.74, 6) is 0.433. The summed E-state index contributed by atoms with van der Waals surface area (Å²) in [5, 5.41) is 3.80. The van der Waals surface area contributed by atoms with Crippen molar-refractivity contribution in [3.05, 3.63) is 38.2 Å². The molecule has 0 aliphatic heterocycles. The SMILES string of the molecule is Cc1c(C(=O)NC2CCC(C)CC2)c(=O)[nH]c2ncc(Br)cc12. The Hall–Kier alpha value is -1.69. The van der Waals surface area contributed by atoms with Gasteiger partial charge in [0.25, 0.3) is 11.5 Å². The van der Waals surface area contributed by atoms with E-state index < -0.39 is 0 Å². The number of H-pyrrole nitrogens is 1. The van der Waals surface area contributed by atoms with Gasteiger partial charge in [-0.05, 0) is 66.1 Å². The van der Waals surface area contributed by atoms with E-state index in [2.05, 4.69) is 38.1 Å². The summed E-state index contributed by atoms with van der Waals surface area (Å²) in [6.07, 6.45) is 5.82. The Morgan fingerprint density at radius 2 is 2.04 bits per heavy atom. The van der Waals surface area contributed by atoms with Crippen molar-refractivity contribution in [3.63, 3.8) is 0 Å². The van der Waals surface area contributed by atoms with Gasteiger partial charge in [0, 0.05) is 22.1 Å². The van der Waals surface area contributed by atoms with Gasteiger partial charge >= 0.3 is 0 Å². The molecular formula is C17H20BrN3O2.